The van der Waals surface area contributed by atoms with Gasteiger partial charge >= 0.3 is 0 Å². The molecule has 0 radical (unpaired) electrons. The minimum absolute atomic E-state index is 0.129. The predicted molar refractivity (Wildman–Crippen MR) is 98.7 cm³/mol. The van der Waals surface area contributed by atoms with Crippen LogP contribution in [0, 0.1) is 0 Å². The first-order valence-electron chi connectivity index (χ1n) is 8.04. The molecule has 1 heterocycles. The summed E-state index contributed by atoms with van der Waals surface area (Å²) in [6, 6.07) is 9.27. The van der Waals surface area contributed by atoms with Crippen molar-refractivity contribution in [1.82, 2.24) is 10.9 Å². The van der Waals surface area contributed by atoms with Gasteiger partial charge in [0.1, 0.15) is 23.3 Å². The summed E-state index contributed by atoms with van der Waals surface area (Å²) in [5.41, 5.74) is 7.13. The molecule has 0 aliphatic carbocycles. The maximum absolute atomic E-state index is 12.6. The molecule has 1 aliphatic heterocycles. The zero-order valence-corrected chi connectivity index (χ0v) is 15.1. The van der Waals surface area contributed by atoms with Gasteiger partial charge in [0.15, 0.2) is 0 Å². The highest BCUT2D eigenvalue weighted by Crippen LogP contribution is 2.33. The molecule has 26 heavy (non-hydrogen) atoms. The number of carbonyl (C=O) groups excluding carboxylic acids is 1. The number of ether oxygens (including phenoxy) is 2. The molecule has 1 aliphatic rings. The number of phenolic OH excluding ortho intramolecular Hbond substituents is 1. The topological polar surface area (TPSA) is 91.9 Å². The van der Waals surface area contributed by atoms with E-state index in [2.05, 4.69) is 16.2 Å². The third kappa shape index (κ3) is 3.85. The SMILES string of the molecule is COc1ccc(OC)c(NC(=O)C2CC(c3cc(Cl)ccc3O)NN2)c1. The van der Waals surface area contributed by atoms with Gasteiger partial charge in [0, 0.05) is 16.7 Å². The van der Waals surface area contributed by atoms with Crippen LogP contribution in [0.1, 0.15) is 18.0 Å². The first-order chi connectivity index (χ1) is 12.5. The standard InChI is InChI=1S/C18H20ClN3O4/c1-25-11-4-6-17(26-2)14(8-11)20-18(24)15-9-13(21-22-15)12-7-10(19)3-5-16(12)23/h3-8,13,15,21-23H,9H2,1-2H3,(H,20,24). The van der Waals surface area contributed by atoms with Crippen molar-refractivity contribution < 1.29 is 19.4 Å². The van der Waals surface area contributed by atoms with Gasteiger partial charge in [0.2, 0.25) is 5.91 Å². The van der Waals surface area contributed by atoms with Gasteiger partial charge in [-0.1, -0.05) is 11.6 Å². The van der Waals surface area contributed by atoms with E-state index in [1.54, 1.807) is 37.4 Å². The number of anilines is 1. The number of nitrogens with one attached hydrogen (secondary N) is 3. The number of phenols is 1. The Labute approximate surface area is 156 Å². The van der Waals surface area contributed by atoms with Gasteiger partial charge in [0.05, 0.1) is 25.9 Å². The third-order valence-corrected chi connectivity index (χ3v) is 4.48. The van der Waals surface area contributed by atoms with E-state index in [1.807, 2.05) is 0 Å². The summed E-state index contributed by atoms with van der Waals surface area (Å²) in [5.74, 6) is 1.05. The Balaban J connectivity index is 1.71. The second-order valence-corrected chi connectivity index (χ2v) is 6.32. The number of benzene rings is 2. The van der Waals surface area contributed by atoms with Crippen molar-refractivity contribution in [2.24, 2.45) is 0 Å². The van der Waals surface area contributed by atoms with Crippen LogP contribution in [0.2, 0.25) is 5.02 Å². The van der Waals surface area contributed by atoms with E-state index >= 15 is 0 Å². The minimum Gasteiger partial charge on any atom is -0.508 e. The van der Waals surface area contributed by atoms with Crippen LogP contribution < -0.4 is 25.6 Å². The van der Waals surface area contributed by atoms with E-state index in [9.17, 15) is 9.90 Å². The van der Waals surface area contributed by atoms with Gasteiger partial charge < -0.3 is 19.9 Å². The van der Waals surface area contributed by atoms with Crippen LogP contribution in [0.25, 0.3) is 0 Å². The number of halogens is 1. The summed E-state index contributed by atoms with van der Waals surface area (Å²) < 4.78 is 10.5. The second-order valence-electron chi connectivity index (χ2n) is 5.89. The van der Waals surface area contributed by atoms with Crippen molar-refractivity contribution in [1.29, 1.82) is 0 Å². The normalized spacial score (nSPS) is 19.2. The average Bonchev–Trinajstić information content (AvgIpc) is 3.13. The van der Waals surface area contributed by atoms with E-state index < -0.39 is 6.04 Å². The van der Waals surface area contributed by atoms with Crippen molar-refractivity contribution in [2.75, 3.05) is 19.5 Å². The Morgan fingerprint density at radius 3 is 2.73 bits per heavy atom. The molecule has 2 aromatic carbocycles. The maximum atomic E-state index is 12.6. The Hall–Kier alpha value is -2.48. The third-order valence-electron chi connectivity index (χ3n) is 4.25. The van der Waals surface area contributed by atoms with Gasteiger partial charge in [-0.15, -0.1) is 0 Å². The van der Waals surface area contributed by atoms with Gasteiger partial charge in [-0.2, -0.15) is 0 Å². The molecule has 3 rings (SSSR count). The monoisotopic (exact) mass is 377 g/mol. The number of aromatic hydroxyl groups is 1. The zero-order valence-electron chi connectivity index (χ0n) is 14.4. The highest BCUT2D eigenvalue weighted by atomic mass is 35.5. The van der Waals surface area contributed by atoms with Crippen molar-refractivity contribution in [3.63, 3.8) is 0 Å². The molecule has 1 saturated heterocycles. The van der Waals surface area contributed by atoms with Crippen LogP contribution in [-0.4, -0.2) is 31.3 Å². The lowest BCUT2D eigenvalue weighted by Crippen LogP contribution is -2.39. The molecule has 2 aromatic rings. The molecule has 1 fully saturated rings. The molecule has 2 unspecified atom stereocenters. The Morgan fingerprint density at radius 2 is 2.00 bits per heavy atom. The fraction of sp³-hybridized carbons (Fsp3) is 0.278. The van der Waals surface area contributed by atoms with Crippen LogP contribution >= 0.6 is 11.6 Å². The Kier molecular flexibility index (Phi) is 5.51. The predicted octanol–water partition coefficient (Wildman–Crippen LogP) is 2.61. The summed E-state index contributed by atoms with van der Waals surface area (Å²) in [7, 11) is 3.09. The van der Waals surface area contributed by atoms with Crippen molar-refractivity contribution in [2.45, 2.75) is 18.5 Å². The number of carbonyl (C=O) groups is 1. The molecule has 0 spiro atoms. The molecule has 8 heteroatoms. The lowest BCUT2D eigenvalue weighted by molar-refractivity contribution is -0.117. The molecule has 7 nitrogen and oxygen atoms in total. The summed E-state index contributed by atoms with van der Waals surface area (Å²) >= 11 is 6.00. The average molecular weight is 378 g/mol. The van der Waals surface area contributed by atoms with Crippen molar-refractivity contribution >= 4 is 23.2 Å². The van der Waals surface area contributed by atoms with Crippen LogP contribution in [0.15, 0.2) is 36.4 Å². The number of hydrogen-bond donors (Lipinski definition) is 4. The van der Waals surface area contributed by atoms with Crippen LogP contribution in [0.4, 0.5) is 5.69 Å². The van der Waals surface area contributed by atoms with Crippen LogP contribution in [0.3, 0.4) is 0 Å². The molecule has 138 valence electrons. The first kappa shape index (κ1) is 18.3. The fourth-order valence-electron chi connectivity index (χ4n) is 2.87. The molecule has 4 N–H and O–H groups in total. The number of hydrazine groups is 1. The van der Waals surface area contributed by atoms with E-state index in [4.69, 9.17) is 21.1 Å². The van der Waals surface area contributed by atoms with Crippen molar-refractivity contribution in [3.05, 3.63) is 47.0 Å². The van der Waals surface area contributed by atoms with Crippen molar-refractivity contribution in [3.8, 4) is 17.2 Å². The number of methoxy groups -OCH3 is 2. The van der Waals surface area contributed by atoms with Gasteiger partial charge in [-0.25, -0.2) is 10.9 Å². The quantitative estimate of drug-likeness (QED) is 0.640. The molecular formula is C18H20ClN3O4. The minimum atomic E-state index is -0.491. The molecule has 0 saturated carbocycles. The Bertz CT molecular complexity index is 815. The second kappa shape index (κ2) is 7.82. The van der Waals surface area contributed by atoms with E-state index in [1.165, 1.54) is 13.2 Å². The number of amides is 1. The van der Waals surface area contributed by atoms with E-state index in [-0.39, 0.29) is 17.7 Å². The van der Waals surface area contributed by atoms with Gasteiger partial charge in [0.25, 0.3) is 0 Å². The summed E-state index contributed by atoms with van der Waals surface area (Å²) in [6.45, 7) is 0. The smallest absolute Gasteiger partial charge is 0.243 e. The van der Waals surface area contributed by atoms with Crippen LogP contribution in [0.5, 0.6) is 17.2 Å². The molecule has 2 atom stereocenters. The summed E-state index contributed by atoms with van der Waals surface area (Å²) in [4.78, 5) is 12.6. The highest BCUT2D eigenvalue weighted by molar-refractivity contribution is 6.30. The molecular weight excluding hydrogens is 358 g/mol. The van der Waals surface area contributed by atoms with E-state index in [0.717, 1.165) is 0 Å². The largest absolute Gasteiger partial charge is 0.508 e. The number of rotatable bonds is 5. The lowest BCUT2D eigenvalue weighted by atomic mass is 10.0. The Morgan fingerprint density at radius 1 is 1.19 bits per heavy atom. The van der Waals surface area contributed by atoms with Crippen LogP contribution in [-0.2, 0) is 4.79 Å². The molecule has 0 bridgehead atoms. The highest BCUT2D eigenvalue weighted by Gasteiger charge is 2.32. The fourth-order valence-corrected chi connectivity index (χ4v) is 3.05. The van der Waals surface area contributed by atoms with Gasteiger partial charge in [-0.05, 0) is 36.8 Å². The first-order valence-corrected chi connectivity index (χ1v) is 8.42. The zero-order chi connectivity index (χ0) is 18.7. The number of hydrogen-bond acceptors (Lipinski definition) is 6. The lowest BCUT2D eigenvalue weighted by Gasteiger charge is -2.14. The maximum Gasteiger partial charge on any atom is 0.243 e. The molecule has 0 aromatic heterocycles. The summed E-state index contributed by atoms with van der Waals surface area (Å²) in [5, 5.41) is 13.4. The van der Waals surface area contributed by atoms with Gasteiger partial charge in [-0.3, -0.25) is 4.79 Å². The molecule has 1 amide bonds. The van der Waals surface area contributed by atoms with E-state index in [0.29, 0.717) is 34.2 Å². The summed E-state index contributed by atoms with van der Waals surface area (Å²) in [6.07, 6.45) is 0.450.